The van der Waals surface area contributed by atoms with Crippen molar-refractivity contribution >= 4 is 20.1 Å². The van der Waals surface area contributed by atoms with Crippen LogP contribution in [0.3, 0.4) is 0 Å². The first-order chi connectivity index (χ1) is 6.52. The Morgan fingerprint density at radius 2 is 1.40 bits per heavy atom. The van der Waals surface area contributed by atoms with E-state index in [1.807, 2.05) is 13.8 Å². The number of hydrogen-bond donors (Lipinski definition) is 0. The van der Waals surface area contributed by atoms with Gasteiger partial charge in [-0.25, -0.2) is 0 Å². The molecule has 11 heteroatoms. The Morgan fingerprint density at radius 1 is 1.00 bits per heavy atom. The first kappa shape index (κ1) is 44.0. The third-order valence-electron chi connectivity index (χ3n) is 1.19. The molecule has 0 atom stereocenters. The minimum Gasteiger partial charge on any atom is 0 e. The van der Waals surface area contributed by atoms with Gasteiger partial charge in [0.25, 0.3) is 0 Å². The Labute approximate surface area is 228 Å². The van der Waals surface area contributed by atoms with Crippen molar-refractivity contribution in [3.05, 3.63) is 11.8 Å². The Hall–Kier alpha value is 4.13. The van der Waals surface area contributed by atoms with Gasteiger partial charge in [-0.05, 0) is 0 Å². The van der Waals surface area contributed by atoms with Crippen molar-refractivity contribution in [3.8, 4) is 0 Å². The van der Waals surface area contributed by atoms with Gasteiger partial charge < -0.3 is 0 Å². The second kappa shape index (κ2) is 28.0. The molecule has 0 aliphatic rings. The SMILES string of the molecule is C[C-]=C(O[C-]=O)C(=N[C](C)=[W])[C](C)=[W].[W].[W].[W].[W].[W].[W]. The van der Waals surface area contributed by atoms with E-state index in [0.717, 1.165) is 7.92 Å². The molecule has 3 nitrogen and oxygen atoms in total. The van der Waals surface area contributed by atoms with Crippen LogP contribution in [0.4, 0.5) is 0 Å². The Bertz CT molecular complexity index is 330. The second-order valence-corrected chi connectivity index (χ2v) is 6.62. The van der Waals surface area contributed by atoms with E-state index in [1.165, 1.54) is 45.2 Å². The van der Waals surface area contributed by atoms with Crippen LogP contribution in [0, 0.1) is 6.08 Å². The molecular weight excluding hydrogens is 1620 g/mol. The molecule has 0 aliphatic heterocycles. The molecule has 0 aromatic rings. The van der Waals surface area contributed by atoms with E-state index >= 15 is 0 Å². The zero-order chi connectivity index (χ0) is 11.1. The van der Waals surface area contributed by atoms with E-state index in [1.54, 1.807) is 6.92 Å². The fraction of sp³-hybridized carbons (Fsp3) is 0.333. The van der Waals surface area contributed by atoms with Crippen LogP contribution in [0.15, 0.2) is 10.8 Å². The number of ether oxygens (including phenoxy) is 1. The maximum atomic E-state index is 10.1. The molecule has 0 fully saturated rings. The Morgan fingerprint density at radius 3 is 1.60 bits per heavy atom. The predicted octanol–water partition coefficient (Wildman–Crippen LogP) is 0.639. The van der Waals surface area contributed by atoms with Crippen LogP contribution in [0.5, 0.6) is 0 Å². The molecule has 0 unspecified atom stereocenters. The molecule has 0 aromatic carbocycles. The van der Waals surface area contributed by atoms with Gasteiger partial charge in [0.1, 0.15) is 0 Å². The van der Waals surface area contributed by atoms with E-state index in [4.69, 9.17) is 0 Å². The molecule has 0 bridgehead atoms. The first-order valence-electron chi connectivity index (χ1n) is 3.72. The number of nitrogens with zero attached hydrogens (tertiary/aromatic N) is 1. The van der Waals surface area contributed by atoms with Gasteiger partial charge in [0.2, 0.25) is 0 Å². The first-order valence-corrected chi connectivity index (χ1v) is 6.65. The summed E-state index contributed by atoms with van der Waals surface area (Å²) < 4.78 is 6.72. The summed E-state index contributed by atoms with van der Waals surface area (Å²) in [7, 11) is 0. The molecule has 0 rings (SSSR count). The van der Waals surface area contributed by atoms with Gasteiger partial charge in [-0.3, -0.25) is 0 Å². The minimum absolute atomic E-state index is 0. The zero-order valence-electron chi connectivity index (χ0n) is 10.5. The van der Waals surface area contributed by atoms with Crippen LogP contribution in [-0.2, 0) is 175 Å². The van der Waals surface area contributed by atoms with Gasteiger partial charge in [0.15, 0.2) is 0 Å². The largest absolute Gasteiger partial charge is 0 e. The van der Waals surface area contributed by atoms with Gasteiger partial charge in [0.05, 0.1) is 0 Å². The number of aliphatic imine (C=N–C) groups is 1. The van der Waals surface area contributed by atoms with Crippen LogP contribution >= 0.6 is 0 Å². The molecular formula is C9H9NO2W8-2. The normalized spacial score (nSPS) is 8.55. The maximum Gasteiger partial charge on any atom is 0 e. The summed E-state index contributed by atoms with van der Waals surface area (Å²) in [6.07, 6.45) is 2.78. The molecule has 0 saturated carbocycles. The van der Waals surface area contributed by atoms with Crippen LogP contribution < -0.4 is 0 Å². The van der Waals surface area contributed by atoms with Crippen LogP contribution in [0.25, 0.3) is 0 Å². The van der Waals surface area contributed by atoms with E-state index in [0.29, 0.717) is 11.5 Å². The quantitative estimate of drug-likeness (QED) is 0.231. The summed E-state index contributed by atoms with van der Waals surface area (Å²) in [5, 5.41) is 0. The summed E-state index contributed by atoms with van der Waals surface area (Å²) >= 11 is 2.58. The minimum atomic E-state index is 0. The molecule has 112 valence electrons. The van der Waals surface area contributed by atoms with E-state index in [2.05, 4.69) is 15.8 Å². The Balaban J connectivity index is -0.0000000563. The number of rotatable bonds is 5. The third-order valence-corrected chi connectivity index (χ3v) is 2.21. The van der Waals surface area contributed by atoms with Crippen LogP contribution in [0.1, 0.15) is 20.8 Å². The van der Waals surface area contributed by atoms with Gasteiger partial charge >= 0.3 is 106 Å². The molecule has 0 heterocycles. The number of allylic oxidation sites excluding steroid dienone is 2. The van der Waals surface area contributed by atoms with Gasteiger partial charge in [-0.2, -0.15) is 0 Å². The standard InChI is InChI=1S/C9H9NO2.8W/c1-4-8(10-6-3)9(5-2)12-7-11;;;;;;;;/h1-3H3;;;;;;;;/q-2;;;;;;;;. The Kier molecular flexibility index (Phi) is 61.5. The summed E-state index contributed by atoms with van der Waals surface area (Å²) in [6.45, 7) is 6.93. The summed E-state index contributed by atoms with van der Waals surface area (Å²) in [5.41, 5.74) is 0.693. The van der Waals surface area contributed by atoms with Gasteiger partial charge in [0, 0.05) is 126 Å². The van der Waals surface area contributed by atoms with E-state index in [9.17, 15) is 4.79 Å². The summed E-state index contributed by atoms with van der Waals surface area (Å²) in [5.74, 6) is 0.355. The average Bonchev–Trinajstić information content (AvgIpc) is 2.10. The van der Waals surface area contributed by atoms with Crippen molar-refractivity contribution in [2.24, 2.45) is 4.99 Å². The third kappa shape index (κ3) is 22.1. The summed E-state index contributed by atoms with van der Waals surface area (Å²) in [6, 6.07) is 0. The zero-order valence-corrected chi connectivity index (χ0v) is 34.0. The second-order valence-electron chi connectivity index (χ2n) is 2.30. The molecule has 0 saturated heterocycles. The summed E-state index contributed by atoms with van der Waals surface area (Å²) in [4.78, 5) is 14.4. The van der Waals surface area contributed by atoms with Crippen molar-refractivity contribution in [1.82, 2.24) is 0 Å². The van der Waals surface area contributed by atoms with Crippen molar-refractivity contribution in [3.63, 3.8) is 0 Å². The monoisotopic (exact) mass is 1630 g/mol. The average molecular weight is 1630 g/mol. The molecule has 0 spiro atoms. The van der Waals surface area contributed by atoms with Crippen LogP contribution in [0.2, 0.25) is 0 Å². The van der Waals surface area contributed by atoms with Crippen molar-refractivity contribution in [1.29, 1.82) is 0 Å². The topological polar surface area (TPSA) is 38.7 Å². The van der Waals surface area contributed by atoms with Crippen molar-refractivity contribution in [2.45, 2.75) is 20.8 Å². The van der Waals surface area contributed by atoms with Gasteiger partial charge in [-0.15, -0.1) is 0 Å². The molecule has 0 N–H and O–H groups in total. The van der Waals surface area contributed by atoms with E-state index < -0.39 is 0 Å². The van der Waals surface area contributed by atoms with E-state index in [-0.39, 0.29) is 126 Å². The maximum absolute atomic E-state index is 10.1. The van der Waals surface area contributed by atoms with Gasteiger partial charge in [-0.1, -0.05) is 0 Å². The molecule has 0 aromatic heterocycles. The fourth-order valence-electron chi connectivity index (χ4n) is 0.706. The van der Waals surface area contributed by atoms with Crippen molar-refractivity contribution < 1.29 is 175 Å². The molecule has 0 radical (unpaired) electrons. The number of hydrogen-bond acceptors (Lipinski definition) is 3. The predicted molar refractivity (Wildman–Crippen MR) is 48.0 cm³/mol. The smallest absolute Gasteiger partial charge is 0 e. The number of carbonyl (C=O) groups excluding carboxylic acids is 1. The molecule has 0 amide bonds. The molecule has 20 heavy (non-hydrogen) atoms. The fourth-order valence-corrected chi connectivity index (χ4v) is 1.53. The van der Waals surface area contributed by atoms with Crippen LogP contribution in [-0.4, -0.2) is 20.1 Å². The molecule has 0 aliphatic carbocycles. The van der Waals surface area contributed by atoms with Crippen molar-refractivity contribution in [2.75, 3.05) is 0 Å².